The number of para-hydroxylation sites is 2. The van der Waals surface area contributed by atoms with Crippen molar-refractivity contribution in [2.45, 2.75) is 0 Å². The predicted octanol–water partition coefficient (Wildman–Crippen LogP) is 2.64. The molecule has 0 radical (unpaired) electrons. The van der Waals surface area contributed by atoms with E-state index in [1.54, 1.807) is 24.4 Å². The van der Waals surface area contributed by atoms with Crippen LogP contribution in [0.4, 0.5) is 10.2 Å². The Labute approximate surface area is 155 Å². The molecule has 0 aliphatic rings. The highest BCUT2D eigenvalue weighted by molar-refractivity contribution is 5.81. The molecule has 0 spiro atoms. The lowest BCUT2D eigenvalue weighted by molar-refractivity contribution is 0.628. The average Bonchev–Trinajstić information content (AvgIpc) is 3.27. The number of nitrogen functional groups attached to an aromatic ring is 1. The third kappa shape index (κ3) is 3.65. The smallest absolute Gasteiger partial charge is 0.136 e. The minimum Gasteiger partial charge on any atom is -0.383 e. The molecule has 0 saturated carbocycles. The predicted molar refractivity (Wildman–Crippen MR) is 107 cm³/mol. The van der Waals surface area contributed by atoms with Crippen LogP contribution in [0.25, 0.3) is 34.1 Å². The molecular weight excluding hydrogens is 345 g/mol. The lowest BCUT2D eigenvalue weighted by Gasteiger charge is -2.05. The SMILES string of the molecule is CN.N/C(=C\c1nc2ccccc2[nH]1)n1ncc(-c2ccc(F)cc2)c1N. The number of fused-ring (bicyclic) bond motifs is 1. The van der Waals surface area contributed by atoms with Gasteiger partial charge in [0, 0.05) is 11.6 Å². The zero-order chi connectivity index (χ0) is 19.4. The number of rotatable bonds is 3. The molecule has 2 heterocycles. The molecule has 2 aromatic carbocycles. The van der Waals surface area contributed by atoms with Gasteiger partial charge < -0.3 is 22.2 Å². The highest BCUT2D eigenvalue weighted by atomic mass is 19.1. The highest BCUT2D eigenvalue weighted by Crippen LogP contribution is 2.27. The number of H-pyrrole nitrogens is 1. The van der Waals surface area contributed by atoms with E-state index >= 15 is 0 Å². The molecule has 0 bridgehead atoms. The Hall–Kier alpha value is -3.65. The number of imidazole rings is 1. The molecule has 27 heavy (non-hydrogen) atoms. The van der Waals surface area contributed by atoms with Gasteiger partial charge in [0.25, 0.3) is 0 Å². The van der Waals surface area contributed by atoms with Gasteiger partial charge in [0.05, 0.1) is 17.2 Å². The van der Waals surface area contributed by atoms with Gasteiger partial charge >= 0.3 is 0 Å². The van der Waals surface area contributed by atoms with E-state index < -0.39 is 0 Å². The van der Waals surface area contributed by atoms with E-state index in [-0.39, 0.29) is 5.82 Å². The number of nitrogens with zero attached hydrogens (tertiary/aromatic N) is 3. The first-order valence-electron chi connectivity index (χ1n) is 8.21. The summed E-state index contributed by atoms with van der Waals surface area (Å²) >= 11 is 0. The van der Waals surface area contributed by atoms with Gasteiger partial charge in [0.1, 0.15) is 23.3 Å². The second-order valence-electron chi connectivity index (χ2n) is 5.57. The van der Waals surface area contributed by atoms with E-state index in [0.29, 0.717) is 23.0 Å². The van der Waals surface area contributed by atoms with Crippen LogP contribution in [0, 0.1) is 5.82 Å². The van der Waals surface area contributed by atoms with Crippen molar-refractivity contribution in [2.75, 3.05) is 12.8 Å². The van der Waals surface area contributed by atoms with Gasteiger partial charge in [0.15, 0.2) is 0 Å². The Bertz CT molecular complexity index is 1040. The number of nitrogens with one attached hydrogen (secondary N) is 1. The molecule has 8 heteroatoms. The average molecular weight is 365 g/mol. The van der Waals surface area contributed by atoms with Crippen molar-refractivity contribution in [3.05, 3.63) is 66.4 Å². The summed E-state index contributed by atoms with van der Waals surface area (Å²) in [7, 11) is 1.50. The van der Waals surface area contributed by atoms with Crippen molar-refractivity contribution in [2.24, 2.45) is 11.5 Å². The van der Waals surface area contributed by atoms with Crippen LogP contribution in [-0.2, 0) is 0 Å². The minimum atomic E-state index is -0.306. The second-order valence-corrected chi connectivity index (χ2v) is 5.57. The largest absolute Gasteiger partial charge is 0.383 e. The lowest BCUT2D eigenvalue weighted by Crippen LogP contribution is -2.11. The van der Waals surface area contributed by atoms with Crippen LogP contribution in [0.2, 0.25) is 0 Å². The number of hydrogen-bond donors (Lipinski definition) is 4. The van der Waals surface area contributed by atoms with Crippen molar-refractivity contribution in [3.8, 4) is 11.1 Å². The van der Waals surface area contributed by atoms with Crippen molar-refractivity contribution in [1.82, 2.24) is 19.7 Å². The van der Waals surface area contributed by atoms with Crippen LogP contribution in [-0.4, -0.2) is 26.8 Å². The van der Waals surface area contributed by atoms with Gasteiger partial charge in [-0.2, -0.15) is 5.10 Å². The van der Waals surface area contributed by atoms with Crippen molar-refractivity contribution < 1.29 is 4.39 Å². The van der Waals surface area contributed by atoms with Gasteiger partial charge in [-0.15, -0.1) is 0 Å². The van der Waals surface area contributed by atoms with Crippen molar-refractivity contribution >= 4 is 28.7 Å². The van der Waals surface area contributed by atoms with Gasteiger partial charge in [-0.05, 0) is 36.9 Å². The number of hydrogen-bond acceptors (Lipinski definition) is 5. The first kappa shape index (κ1) is 18.2. The normalized spacial score (nSPS) is 11.3. The molecule has 138 valence electrons. The molecule has 4 aromatic rings. The Morgan fingerprint density at radius 2 is 1.81 bits per heavy atom. The van der Waals surface area contributed by atoms with Crippen LogP contribution in [0.5, 0.6) is 0 Å². The second kappa shape index (κ2) is 7.71. The van der Waals surface area contributed by atoms with E-state index in [1.165, 1.54) is 23.9 Å². The summed E-state index contributed by atoms with van der Waals surface area (Å²) in [6, 6.07) is 13.7. The minimum absolute atomic E-state index is 0.306. The Kier molecular flexibility index (Phi) is 5.18. The summed E-state index contributed by atoms with van der Waals surface area (Å²) in [5, 5.41) is 4.23. The summed E-state index contributed by atoms with van der Waals surface area (Å²) in [4.78, 5) is 7.62. The maximum atomic E-state index is 13.1. The Morgan fingerprint density at radius 1 is 1.11 bits per heavy atom. The first-order valence-corrected chi connectivity index (χ1v) is 8.21. The fraction of sp³-hybridized carbons (Fsp3) is 0.0526. The summed E-state index contributed by atoms with van der Waals surface area (Å²) in [6.45, 7) is 0. The third-order valence-corrected chi connectivity index (χ3v) is 3.90. The number of halogens is 1. The quantitative estimate of drug-likeness (QED) is 0.444. The lowest BCUT2D eigenvalue weighted by atomic mass is 10.1. The molecule has 0 atom stereocenters. The zero-order valence-corrected chi connectivity index (χ0v) is 14.7. The maximum Gasteiger partial charge on any atom is 0.136 e. The molecule has 4 rings (SSSR count). The molecule has 7 N–H and O–H groups in total. The maximum absolute atomic E-state index is 13.1. The molecule has 0 aliphatic carbocycles. The number of aromatic amines is 1. The molecule has 0 aliphatic heterocycles. The summed E-state index contributed by atoms with van der Waals surface area (Å²) in [5.41, 5.74) is 20.0. The van der Waals surface area contributed by atoms with E-state index in [1.807, 2.05) is 24.3 Å². The van der Waals surface area contributed by atoms with E-state index in [4.69, 9.17) is 11.5 Å². The van der Waals surface area contributed by atoms with Gasteiger partial charge in [-0.1, -0.05) is 24.3 Å². The molecule has 0 saturated heterocycles. The zero-order valence-electron chi connectivity index (χ0n) is 14.7. The van der Waals surface area contributed by atoms with Crippen molar-refractivity contribution in [3.63, 3.8) is 0 Å². The number of anilines is 1. The van der Waals surface area contributed by atoms with Crippen LogP contribution < -0.4 is 17.2 Å². The van der Waals surface area contributed by atoms with Crippen LogP contribution >= 0.6 is 0 Å². The molecule has 0 fully saturated rings. The summed E-state index contributed by atoms with van der Waals surface area (Å²) < 4.78 is 14.5. The van der Waals surface area contributed by atoms with Crippen LogP contribution in [0.1, 0.15) is 5.82 Å². The van der Waals surface area contributed by atoms with Crippen LogP contribution in [0.15, 0.2) is 54.7 Å². The summed E-state index contributed by atoms with van der Waals surface area (Å²) in [5.74, 6) is 0.998. The topological polar surface area (TPSA) is 125 Å². The molecule has 7 nitrogen and oxygen atoms in total. The molecular formula is C19H20FN7. The molecule has 0 unspecified atom stereocenters. The van der Waals surface area contributed by atoms with E-state index in [2.05, 4.69) is 20.8 Å². The first-order chi connectivity index (χ1) is 13.1. The fourth-order valence-electron chi connectivity index (χ4n) is 2.66. The Morgan fingerprint density at radius 3 is 2.52 bits per heavy atom. The van der Waals surface area contributed by atoms with Gasteiger partial charge in [-0.3, -0.25) is 0 Å². The third-order valence-electron chi connectivity index (χ3n) is 3.90. The number of nitrogens with two attached hydrogens (primary N) is 3. The van der Waals surface area contributed by atoms with Crippen molar-refractivity contribution in [1.29, 1.82) is 0 Å². The molecule has 2 aromatic heterocycles. The Balaban J connectivity index is 0.00000102. The van der Waals surface area contributed by atoms with Crippen LogP contribution in [0.3, 0.4) is 0 Å². The van der Waals surface area contributed by atoms with Gasteiger partial charge in [-0.25, -0.2) is 14.1 Å². The monoisotopic (exact) mass is 365 g/mol. The standard InChI is InChI=1S/C18H15FN6.CH5N/c19-12-7-5-11(6-8-12)13-10-22-25(18(13)21)16(20)9-17-23-14-3-1-2-4-15(14)24-17;1-2/h1-10H,20-21H2,(H,23,24);2H2,1H3/b16-9+;. The van der Waals surface area contributed by atoms with E-state index in [0.717, 1.165) is 16.6 Å². The number of benzene rings is 2. The highest BCUT2D eigenvalue weighted by Gasteiger charge is 2.12. The number of aromatic nitrogens is 4. The molecule has 0 amide bonds. The van der Waals surface area contributed by atoms with E-state index in [9.17, 15) is 4.39 Å². The van der Waals surface area contributed by atoms with Gasteiger partial charge in [0.2, 0.25) is 0 Å². The fourth-order valence-corrected chi connectivity index (χ4v) is 2.66. The summed E-state index contributed by atoms with van der Waals surface area (Å²) in [6.07, 6.45) is 3.26.